The van der Waals surface area contributed by atoms with Gasteiger partial charge in [-0.1, -0.05) is 20.8 Å². The maximum Gasteiger partial charge on any atom is 0.160 e. The second-order valence-corrected chi connectivity index (χ2v) is 5.63. The molecule has 104 valence electrons. The molecule has 1 unspecified atom stereocenters. The van der Waals surface area contributed by atoms with Crippen molar-refractivity contribution in [2.24, 2.45) is 7.05 Å². The molecule has 4 heteroatoms. The van der Waals surface area contributed by atoms with Gasteiger partial charge in [0.05, 0.1) is 19.0 Å². The lowest BCUT2D eigenvalue weighted by atomic mass is 9.82. The first-order valence-electron chi connectivity index (χ1n) is 6.72. The van der Waals surface area contributed by atoms with E-state index in [1.165, 1.54) is 6.42 Å². The summed E-state index contributed by atoms with van der Waals surface area (Å²) in [6.07, 6.45) is 4.02. The van der Waals surface area contributed by atoms with Crippen LogP contribution in [0.2, 0.25) is 0 Å². The Morgan fingerprint density at radius 3 is 2.72 bits per heavy atom. The van der Waals surface area contributed by atoms with Crippen molar-refractivity contribution in [2.75, 3.05) is 13.7 Å². The first kappa shape index (κ1) is 15.0. The lowest BCUT2D eigenvalue weighted by Gasteiger charge is -2.29. The molecule has 1 aromatic heterocycles. The molecule has 0 aliphatic heterocycles. The molecule has 18 heavy (non-hydrogen) atoms. The minimum absolute atomic E-state index is 0.0384. The van der Waals surface area contributed by atoms with Gasteiger partial charge in [0.2, 0.25) is 0 Å². The fourth-order valence-electron chi connectivity index (χ4n) is 2.66. The van der Waals surface area contributed by atoms with Crippen LogP contribution in [0, 0.1) is 0 Å². The van der Waals surface area contributed by atoms with E-state index in [1.54, 1.807) is 13.3 Å². The lowest BCUT2D eigenvalue weighted by molar-refractivity contribution is 0.344. The Hall–Kier alpha value is -1.03. The monoisotopic (exact) mass is 253 g/mol. The first-order valence-corrected chi connectivity index (χ1v) is 6.72. The molecule has 0 fully saturated rings. The molecular formula is C14H27N3O. The standard InChI is InChI=1S/C14H27N3O/c1-7-8-15-11(2)9-14(3,4)13-12(18-6)10-16-17(13)5/h10-11,15H,7-9H2,1-6H3. The van der Waals surface area contributed by atoms with Crippen LogP contribution in [0.5, 0.6) is 5.75 Å². The van der Waals surface area contributed by atoms with E-state index in [1.807, 2.05) is 11.7 Å². The van der Waals surface area contributed by atoms with E-state index < -0.39 is 0 Å². The molecule has 0 saturated heterocycles. The van der Waals surface area contributed by atoms with Crippen molar-refractivity contribution in [2.45, 2.75) is 52.0 Å². The number of rotatable bonds is 7. The van der Waals surface area contributed by atoms with Gasteiger partial charge in [0.1, 0.15) is 0 Å². The van der Waals surface area contributed by atoms with E-state index in [0.717, 1.165) is 24.4 Å². The highest BCUT2D eigenvalue weighted by Crippen LogP contribution is 2.34. The summed E-state index contributed by atoms with van der Waals surface area (Å²) in [5.41, 5.74) is 1.20. The Morgan fingerprint density at radius 2 is 2.17 bits per heavy atom. The van der Waals surface area contributed by atoms with E-state index in [-0.39, 0.29) is 5.41 Å². The topological polar surface area (TPSA) is 39.1 Å². The molecule has 1 atom stereocenters. The second-order valence-electron chi connectivity index (χ2n) is 5.63. The summed E-state index contributed by atoms with van der Waals surface area (Å²) in [4.78, 5) is 0. The Kier molecular flexibility index (Phi) is 5.20. The van der Waals surface area contributed by atoms with Crippen LogP contribution in [-0.2, 0) is 12.5 Å². The van der Waals surface area contributed by atoms with E-state index in [4.69, 9.17) is 4.74 Å². The number of hydrogen-bond donors (Lipinski definition) is 1. The zero-order valence-electron chi connectivity index (χ0n) is 12.6. The summed E-state index contributed by atoms with van der Waals surface area (Å²) in [5.74, 6) is 0.880. The molecule has 0 radical (unpaired) electrons. The van der Waals surface area contributed by atoms with Gasteiger partial charge in [0, 0.05) is 18.5 Å². The molecule has 1 aromatic rings. The van der Waals surface area contributed by atoms with Crippen molar-refractivity contribution in [1.82, 2.24) is 15.1 Å². The highest BCUT2D eigenvalue weighted by atomic mass is 16.5. The molecule has 1 N–H and O–H groups in total. The van der Waals surface area contributed by atoms with Crippen molar-refractivity contribution >= 4 is 0 Å². The lowest BCUT2D eigenvalue weighted by Crippen LogP contribution is -2.34. The van der Waals surface area contributed by atoms with Crippen molar-refractivity contribution in [3.8, 4) is 5.75 Å². The van der Waals surface area contributed by atoms with Crippen molar-refractivity contribution in [3.63, 3.8) is 0 Å². The fraction of sp³-hybridized carbons (Fsp3) is 0.786. The van der Waals surface area contributed by atoms with Crippen LogP contribution in [0.4, 0.5) is 0 Å². The van der Waals surface area contributed by atoms with Gasteiger partial charge < -0.3 is 10.1 Å². The van der Waals surface area contributed by atoms with Crippen LogP contribution in [0.15, 0.2) is 6.20 Å². The normalized spacial score (nSPS) is 13.7. The SMILES string of the molecule is CCCNC(C)CC(C)(C)c1c(OC)cnn1C. The highest BCUT2D eigenvalue weighted by molar-refractivity contribution is 5.31. The van der Waals surface area contributed by atoms with Crippen LogP contribution in [0.25, 0.3) is 0 Å². The van der Waals surface area contributed by atoms with Crippen molar-refractivity contribution in [1.29, 1.82) is 0 Å². The number of methoxy groups -OCH3 is 1. The number of aromatic nitrogens is 2. The number of nitrogens with zero attached hydrogens (tertiary/aromatic N) is 2. The number of hydrogen-bond acceptors (Lipinski definition) is 3. The third kappa shape index (κ3) is 3.48. The van der Waals surface area contributed by atoms with Gasteiger partial charge in [-0.2, -0.15) is 5.10 Å². The quantitative estimate of drug-likeness (QED) is 0.811. The molecule has 0 spiro atoms. The maximum atomic E-state index is 5.41. The molecule has 0 bridgehead atoms. The molecule has 0 aromatic carbocycles. The van der Waals surface area contributed by atoms with Crippen LogP contribution < -0.4 is 10.1 Å². The van der Waals surface area contributed by atoms with Gasteiger partial charge in [-0.05, 0) is 26.3 Å². The summed E-state index contributed by atoms with van der Waals surface area (Å²) < 4.78 is 7.33. The van der Waals surface area contributed by atoms with Gasteiger partial charge in [0.25, 0.3) is 0 Å². The molecule has 0 aliphatic rings. The molecule has 4 nitrogen and oxygen atoms in total. The first-order chi connectivity index (χ1) is 8.42. The predicted octanol–water partition coefficient (Wildman–Crippen LogP) is 2.48. The summed E-state index contributed by atoms with van der Waals surface area (Å²) in [7, 11) is 3.68. The van der Waals surface area contributed by atoms with Crippen LogP contribution >= 0.6 is 0 Å². The zero-order chi connectivity index (χ0) is 13.8. The van der Waals surface area contributed by atoms with Gasteiger partial charge in [-0.15, -0.1) is 0 Å². The van der Waals surface area contributed by atoms with E-state index >= 15 is 0 Å². The summed E-state index contributed by atoms with van der Waals surface area (Å²) in [5, 5.41) is 7.83. The predicted molar refractivity (Wildman–Crippen MR) is 75.2 cm³/mol. The minimum atomic E-state index is 0.0384. The zero-order valence-corrected chi connectivity index (χ0v) is 12.6. The van der Waals surface area contributed by atoms with Crippen LogP contribution in [-0.4, -0.2) is 29.5 Å². The molecule has 0 amide bonds. The molecule has 0 saturated carbocycles. The average Bonchev–Trinajstić information content (AvgIpc) is 2.67. The second kappa shape index (κ2) is 6.23. The van der Waals surface area contributed by atoms with Gasteiger partial charge in [-0.25, -0.2) is 0 Å². The van der Waals surface area contributed by atoms with E-state index in [9.17, 15) is 0 Å². The number of ether oxygens (including phenoxy) is 1. The fourth-order valence-corrected chi connectivity index (χ4v) is 2.66. The Morgan fingerprint density at radius 1 is 1.50 bits per heavy atom. The maximum absolute atomic E-state index is 5.41. The van der Waals surface area contributed by atoms with Crippen LogP contribution in [0.3, 0.4) is 0 Å². The largest absolute Gasteiger partial charge is 0.493 e. The minimum Gasteiger partial charge on any atom is -0.493 e. The Balaban J connectivity index is 2.81. The van der Waals surface area contributed by atoms with Crippen molar-refractivity contribution in [3.05, 3.63) is 11.9 Å². The van der Waals surface area contributed by atoms with Gasteiger partial charge in [0.15, 0.2) is 5.75 Å². The smallest absolute Gasteiger partial charge is 0.160 e. The van der Waals surface area contributed by atoms with E-state index in [0.29, 0.717) is 6.04 Å². The summed E-state index contributed by atoms with van der Waals surface area (Å²) >= 11 is 0. The average molecular weight is 253 g/mol. The number of nitrogens with one attached hydrogen (secondary N) is 1. The number of aryl methyl sites for hydroxylation is 1. The van der Waals surface area contributed by atoms with Crippen molar-refractivity contribution < 1.29 is 4.74 Å². The summed E-state index contributed by atoms with van der Waals surface area (Å²) in [6.45, 7) is 9.99. The Bertz CT molecular complexity index is 371. The molecular weight excluding hydrogens is 226 g/mol. The third-order valence-electron chi connectivity index (χ3n) is 3.33. The summed E-state index contributed by atoms with van der Waals surface area (Å²) in [6, 6.07) is 0.486. The van der Waals surface area contributed by atoms with E-state index in [2.05, 4.69) is 38.1 Å². The molecule has 1 heterocycles. The Labute approximate surface area is 111 Å². The van der Waals surface area contributed by atoms with Crippen LogP contribution in [0.1, 0.15) is 46.2 Å². The van der Waals surface area contributed by atoms with Gasteiger partial charge in [-0.3, -0.25) is 4.68 Å². The molecule has 1 rings (SSSR count). The highest BCUT2D eigenvalue weighted by Gasteiger charge is 2.30. The third-order valence-corrected chi connectivity index (χ3v) is 3.33. The molecule has 0 aliphatic carbocycles. The van der Waals surface area contributed by atoms with Gasteiger partial charge >= 0.3 is 0 Å².